The highest BCUT2D eigenvalue weighted by atomic mass is 19.2. The summed E-state index contributed by atoms with van der Waals surface area (Å²) in [6, 6.07) is 12.0. The van der Waals surface area contributed by atoms with E-state index in [2.05, 4.69) is 30.9 Å². The molecule has 0 spiro atoms. The predicted octanol–water partition coefficient (Wildman–Crippen LogP) is 6.99. The largest absolute Gasteiger partial charge is 0.378 e. The van der Waals surface area contributed by atoms with Crippen molar-refractivity contribution < 1.29 is 13.5 Å². The lowest BCUT2D eigenvalue weighted by atomic mass is 9.82. The molecule has 3 rings (SSSR count). The Labute approximate surface area is 173 Å². The third-order valence-corrected chi connectivity index (χ3v) is 5.68. The first-order chi connectivity index (χ1) is 14.2. The van der Waals surface area contributed by atoms with E-state index in [1.54, 1.807) is 0 Å². The minimum absolute atomic E-state index is 0.425. The molecule has 1 fully saturated rings. The summed E-state index contributed by atoms with van der Waals surface area (Å²) < 4.78 is 32.3. The quantitative estimate of drug-likeness (QED) is 0.362. The maximum Gasteiger partial charge on any atom is 0.160 e. The van der Waals surface area contributed by atoms with Gasteiger partial charge in [0.2, 0.25) is 0 Å². The molecule has 1 nitrogen and oxygen atoms in total. The molecule has 0 heterocycles. The molecule has 0 aliphatic heterocycles. The molecule has 0 unspecified atom stereocenters. The van der Waals surface area contributed by atoms with Gasteiger partial charge in [-0.3, -0.25) is 0 Å². The van der Waals surface area contributed by atoms with E-state index in [1.165, 1.54) is 50.2 Å². The molecule has 154 valence electrons. The van der Waals surface area contributed by atoms with Gasteiger partial charge in [0, 0.05) is 17.7 Å². The second-order valence-corrected chi connectivity index (χ2v) is 7.91. The van der Waals surface area contributed by atoms with E-state index < -0.39 is 11.6 Å². The fourth-order valence-electron chi connectivity index (χ4n) is 3.90. The van der Waals surface area contributed by atoms with E-state index >= 15 is 0 Å². The van der Waals surface area contributed by atoms with Gasteiger partial charge in [0.05, 0.1) is 6.10 Å². The maximum absolute atomic E-state index is 13.3. The summed E-state index contributed by atoms with van der Waals surface area (Å²) in [5.41, 5.74) is 2.70. The van der Waals surface area contributed by atoms with E-state index in [-0.39, 0.29) is 0 Å². The Bertz CT molecular complexity index is 824. The topological polar surface area (TPSA) is 9.23 Å². The second kappa shape index (κ2) is 11.1. The summed E-state index contributed by atoms with van der Waals surface area (Å²) in [5.74, 6) is 4.78. The summed E-state index contributed by atoms with van der Waals surface area (Å²) in [4.78, 5) is 0. The normalized spacial score (nSPS) is 18.9. The zero-order valence-electron chi connectivity index (χ0n) is 17.2. The fraction of sp³-hybridized carbons (Fsp3) is 0.462. The highest BCUT2D eigenvalue weighted by Crippen LogP contribution is 2.34. The molecule has 1 aliphatic carbocycles. The van der Waals surface area contributed by atoms with Crippen molar-refractivity contribution in [2.24, 2.45) is 0 Å². The fourth-order valence-corrected chi connectivity index (χ4v) is 3.90. The van der Waals surface area contributed by atoms with Gasteiger partial charge in [-0.2, -0.15) is 0 Å². The van der Waals surface area contributed by atoms with Crippen LogP contribution in [0, 0.1) is 23.5 Å². The molecule has 0 amide bonds. The highest BCUT2D eigenvalue weighted by Gasteiger charge is 2.22. The summed E-state index contributed by atoms with van der Waals surface area (Å²) in [6.45, 7) is 3.13. The summed E-state index contributed by atoms with van der Waals surface area (Å²) >= 11 is 0. The SMILES string of the molecule is CCCCCCOC1CCC(c2ccc(C#Cc3ccc(F)c(F)c3)cc2)CC1. The van der Waals surface area contributed by atoms with Crippen molar-refractivity contribution in [1.82, 2.24) is 0 Å². The van der Waals surface area contributed by atoms with Gasteiger partial charge in [-0.1, -0.05) is 50.2 Å². The highest BCUT2D eigenvalue weighted by molar-refractivity contribution is 5.44. The van der Waals surface area contributed by atoms with Crippen LogP contribution < -0.4 is 0 Å². The van der Waals surface area contributed by atoms with Crippen molar-refractivity contribution in [2.75, 3.05) is 6.61 Å². The zero-order chi connectivity index (χ0) is 20.5. The molecule has 29 heavy (non-hydrogen) atoms. The van der Waals surface area contributed by atoms with E-state index in [0.717, 1.165) is 37.1 Å². The van der Waals surface area contributed by atoms with Gasteiger partial charge < -0.3 is 4.74 Å². The summed E-state index contributed by atoms with van der Waals surface area (Å²) in [7, 11) is 0. The Morgan fingerprint density at radius 3 is 2.21 bits per heavy atom. The first-order valence-corrected chi connectivity index (χ1v) is 10.8. The third kappa shape index (κ3) is 6.68. The number of rotatable bonds is 7. The number of unbranched alkanes of at least 4 members (excludes halogenated alkanes) is 3. The van der Waals surface area contributed by atoms with Crippen LogP contribution in [0.4, 0.5) is 8.78 Å². The van der Waals surface area contributed by atoms with Gasteiger partial charge in [-0.15, -0.1) is 0 Å². The lowest BCUT2D eigenvalue weighted by Crippen LogP contribution is -2.21. The van der Waals surface area contributed by atoms with Crippen molar-refractivity contribution in [3.63, 3.8) is 0 Å². The summed E-state index contributed by atoms with van der Waals surface area (Å²) in [5, 5.41) is 0. The maximum atomic E-state index is 13.3. The monoisotopic (exact) mass is 396 g/mol. The van der Waals surface area contributed by atoms with Crippen LogP contribution in [0.3, 0.4) is 0 Å². The molecular weight excluding hydrogens is 366 g/mol. The summed E-state index contributed by atoms with van der Waals surface area (Å²) in [6.07, 6.45) is 10.1. The number of ether oxygens (including phenoxy) is 1. The van der Waals surface area contributed by atoms with Crippen LogP contribution in [0.2, 0.25) is 0 Å². The zero-order valence-corrected chi connectivity index (χ0v) is 17.2. The van der Waals surface area contributed by atoms with Crippen LogP contribution in [-0.4, -0.2) is 12.7 Å². The number of benzene rings is 2. The lowest BCUT2D eigenvalue weighted by Gasteiger charge is -2.29. The molecule has 0 radical (unpaired) electrons. The van der Waals surface area contributed by atoms with Crippen LogP contribution in [0.5, 0.6) is 0 Å². The standard InChI is InChI=1S/C26H30F2O/c1-2-3-4-5-18-29-24-15-13-23(14-16-24)22-11-8-20(9-12-22)6-7-21-10-17-25(27)26(28)19-21/h8-12,17,19,23-24H,2-5,13-16,18H2,1H3. The molecule has 2 aromatic rings. The van der Waals surface area contributed by atoms with Crippen LogP contribution in [0.25, 0.3) is 0 Å². The van der Waals surface area contributed by atoms with Crippen molar-refractivity contribution in [3.05, 3.63) is 70.8 Å². The Hall–Kier alpha value is -2.18. The van der Waals surface area contributed by atoms with Crippen LogP contribution in [0.1, 0.15) is 80.9 Å². The number of halogens is 2. The van der Waals surface area contributed by atoms with Gasteiger partial charge in [0.25, 0.3) is 0 Å². The van der Waals surface area contributed by atoms with Crippen LogP contribution >= 0.6 is 0 Å². The molecule has 1 aliphatic rings. The molecular formula is C26H30F2O. The lowest BCUT2D eigenvalue weighted by molar-refractivity contribution is 0.0226. The van der Waals surface area contributed by atoms with E-state index in [4.69, 9.17) is 4.74 Å². The minimum Gasteiger partial charge on any atom is -0.378 e. The van der Waals surface area contributed by atoms with Crippen molar-refractivity contribution in [2.45, 2.75) is 70.3 Å². The van der Waals surface area contributed by atoms with Crippen molar-refractivity contribution in [3.8, 4) is 11.8 Å². The molecule has 2 aromatic carbocycles. The average Bonchev–Trinajstić information content (AvgIpc) is 2.75. The average molecular weight is 397 g/mol. The minimum atomic E-state index is -0.868. The van der Waals surface area contributed by atoms with E-state index in [0.29, 0.717) is 17.6 Å². The molecule has 0 aromatic heterocycles. The van der Waals surface area contributed by atoms with Gasteiger partial charge in [0.1, 0.15) is 0 Å². The smallest absolute Gasteiger partial charge is 0.160 e. The van der Waals surface area contributed by atoms with Crippen molar-refractivity contribution in [1.29, 1.82) is 0 Å². The van der Waals surface area contributed by atoms with Gasteiger partial charge in [-0.05, 0) is 73.9 Å². The van der Waals surface area contributed by atoms with E-state index in [9.17, 15) is 8.78 Å². The number of hydrogen-bond acceptors (Lipinski definition) is 1. The molecule has 0 atom stereocenters. The van der Waals surface area contributed by atoms with E-state index in [1.807, 2.05) is 12.1 Å². The third-order valence-electron chi connectivity index (χ3n) is 5.68. The molecule has 0 bridgehead atoms. The first kappa shape index (κ1) is 21.5. The number of hydrogen-bond donors (Lipinski definition) is 0. The van der Waals surface area contributed by atoms with Gasteiger partial charge >= 0.3 is 0 Å². The second-order valence-electron chi connectivity index (χ2n) is 7.91. The Balaban J connectivity index is 1.47. The molecule has 3 heteroatoms. The van der Waals surface area contributed by atoms with Gasteiger partial charge in [-0.25, -0.2) is 8.78 Å². The Morgan fingerprint density at radius 2 is 1.52 bits per heavy atom. The van der Waals surface area contributed by atoms with Crippen molar-refractivity contribution >= 4 is 0 Å². The van der Waals surface area contributed by atoms with Gasteiger partial charge in [0.15, 0.2) is 11.6 Å². The molecule has 0 saturated heterocycles. The first-order valence-electron chi connectivity index (χ1n) is 10.8. The van der Waals surface area contributed by atoms with Crippen LogP contribution in [-0.2, 0) is 4.74 Å². The van der Waals surface area contributed by atoms with Crippen LogP contribution in [0.15, 0.2) is 42.5 Å². The predicted molar refractivity (Wildman–Crippen MR) is 114 cm³/mol. The molecule has 1 saturated carbocycles. The molecule has 0 N–H and O–H groups in total. The Morgan fingerprint density at radius 1 is 0.828 bits per heavy atom. The Kier molecular flexibility index (Phi) is 8.25.